The average molecular weight is 281 g/mol. The fourth-order valence-electron chi connectivity index (χ4n) is 1.52. The van der Waals surface area contributed by atoms with Crippen LogP contribution in [0.5, 0.6) is 0 Å². The Morgan fingerprint density at radius 2 is 1.39 bits per heavy atom. The van der Waals surface area contributed by atoms with E-state index < -0.39 is 10.1 Å². The predicted molar refractivity (Wildman–Crippen MR) is 69.9 cm³/mol. The minimum Gasteiger partial charge on any atom is -0.748 e. The summed E-state index contributed by atoms with van der Waals surface area (Å²) < 4.78 is 27.9. The van der Waals surface area contributed by atoms with Crippen LogP contribution >= 0.6 is 0 Å². The Kier molecular flexibility index (Phi) is 11.1. The Hall–Kier alpha value is -0.730. The summed E-state index contributed by atoms with van der Waals surface area (Å²) in [6.45, 7) is 10.4. The molecule has 6 nitrogen and oxygen atoms in total. The minimum absolute atomic E-state index is 0.127. The Morgan fingerprint density at radius 3 is 1.56 bits per heavy atom. The maximum Gasteiger partial charge on any atom is 0.103 e. The van der Waals surface area contributed by atoms with E-state index in [9.17, 15) is 0 Å². The summed E-state index contributed by atoms with van der Waals surface area (Å²) in [6, 6.07) is 0. The van der Waals surface area contributed by atoms with Crippen molar-refractivity contribution in [2.24, 2.45) is 0 Å². The van der Waals surface area contributed by atoms with E-state index in [-0.39, 0.29) is 13.2 Å². The van der Waals surface area contributed by atoms with Gasteiger partial charge in [-0.3, -0.25) is 0 Å². The van der Waals surface area contributed by atoms with Crippen molar-refractivity contribution in [2.45, 2.75) is 0 Å². The van der Waals surface area contributed by atoms with Crippen molar-refractivity contribution in [1.82, 2.24) is 0 Å². The van der Waals surface area contributed by atoms with Crippen LogP contribution in [0.15, 0.2) is 25.3 Å². The molecule has 0 heterocycles. The summed E-state index contributed by atoms with van der Waals surface area (Å²) in [7, 11) is -3.92. The van der Waals surface area contributed by atoms with Crippen LogP contribution in [-0.4, -0.2) is 73.3 Å². The molecule has 0 unspecified atom stereocenters. The first-order valence-corrected chi connectivity index (χ1v) is 7.26. The Morgan fingerprint density at radius 1 is 1.11 bits per heavy atom. The third-order valence-electron chi connectivity index (χ3n) is 2.18. The summed E-state index contributed by atoms with van der Waals surface area (Å²) in [6.07, 6.45) is 4.23. The number of rotatable bonds is 8. The lowest BCUT2D eigenvalue weighted by Gasteiger charge is -2.35. The van der Waals surface area contributed by atoms with Crippen molar-refractivity contribution in [3.8, 4) is 0 Å². The van der Waals surface area contributed by atoms with Crippen LogP contribution in [-0.2, 0) is 10.1 Å². The normalized spacial score (nSPS) is 11.3. The van der Waals surface area contributed by atoms with Gasteiger partial charge in [0.05, 0.1) is 36.4 Å². The van der Waals surface area contributed by atoms with Gasteiger partial charge >= 0.3 is 0 Å². The van der Waals surface area contributed by atoms with E-state index in [1.807, 2.05) is 12.2 Å². The van der Waals surface area contributed by atoms with Gasteiger partial charge in [-0.1, -0.05) is 13.2 Å². The van der Waals surface area contributed by atoms with Gasteiger partial charge in [0.15, 0.2) is 0 Å². The SMILES string of the molecule is C=CC[N+](CC=C)(CCO)CCO.CS(=O)(=O)[O-]. The summed E-state index contributed by atoms with van der Waals surface area (Å²) in [5, 5.41) is 17.8. The molecule has 108 valence electrons. The lowest BCUT2D eigenvalue weighted by atomic mass is 10.3. The van der Waals surface area contributed by atoms with E-state index >= 15 is 0 Å². The quantitative estimate of drug-likeness (QED) is 0.349. The second-order valence-electron chi connectivity index (χ2n) is 3.88. The molecule has 0 spiro atoms. The van der Waals surface area contributed by atoms with Crippen molar-refractivity contribution in [3.05, 3.63) is 25.3 Å². The van der Waals surface area contributed by atoms with Gasteiger partial charge < -0.3 is 19.2 Å². The van der Waals surface area contributed by atoms with E-state index in [1.54, 1.807) is 0 Å². The lowest BCUT2D eigenvalue weighted by Crippen LogP contribution is -2.51. The highest BCUT2D eigenvalue weighted by atomic mass is 32.2. The van der Waals surface area contributed by atoms with Gasteiger partial charge in [-0.2, -0.15) is 0 Å². The highest BCUT2D eigenvalue weighted by molar-refractivity contribution is 7.84. The molecule has 7 heteroatoms. The zero-order valence-corrected chi connectivity index (χ0v) is 11.6. The fraction of sp³-hybridized carbons (Fsp3) is 0.636. The summed E-state index contributed by atoms with van der Waals surface area (Å²) in [4.78, 5) is 0. The zero-order chi connectivity index (χ0) is 14.7. The lowest BCUT2D eigenvalue weighted by molar-refractivity contribution is -0.917. The molecule has 0 fully saturated rings. The number of aliphatic hydroxyl groups is 2. The fourth-order valence-corrected chi connectivity index (χ4v) is 1.52. The molecule has 0 bridgehead atoms. The molecule has 0 aliphatic heterocycles. The monoisotopic (exact) mass is 281 g/mol. The third kappa shape index (κ3) is 13.3. The molecule has 0 saturated carbocycles. The first kappa shape index (κ1) is 19.6. The van der Waals surface area contributed by atoms with Gasteiger partial charge in [0.25, 0.3) is 0 Å². The first-order valence-electron chi connectivity index (χ1n) is 5.44. The van der Waals surface area contributed by atoms with Gasteiger partial charge in [0, 0.05) is 6.26 Å². The molecule has 18 heavy (non-hydrogen) atoms. The number of hydrogen-bond donors (Lipinski definition) is 2. The molecular weight excluding hydrogens is 258 g/mol. The number of quaternary nitrogens is 1. The zero-order valence-electron chi connectivity index (χ0n) is 10.8. The molecule has 0 saturated heterocycles. The maximum absolute atomic E-state index is 9.08. The van der Waals surface area contributed by atoms with Crippen molar-refractivity contribution in [3.63, 3.8) is 0 Å². The van der Waals surface area contributed by atoms with E-state index in [1.165, 1.54) is 0 Å². The van der Waals surface area contributed by atoms with Crippen molar-refractivity contribution in [1.29, 1.82) is 0 Å². The van der Waals surface area contributed by atoms with Gasteiger partial charge in [-0.05, 0) is 12.2 Å². The number of aliphatic hydroxyl groups excluding tert-OH is 2. The average Bonchev–Trinajstić information content (AvgIpc) is 2.16. The van der Waals surface area contributed by atoms with Crippen LogP contribution in [0.4, 0.5) is 0 Å². The van der Waals surface area contributed by atoms with Crippen LogP contribution in [0.2, 0.25) is 0 Å². The molecule has 0 atom stereocenters. The summed E-state index contributed by atoms with van der Waals surface area (Å²) >= 11 is 0. The van der Waals surface area contributed by atoms with Crippen LogP contribution < -0.4 is 0 Å². The third-order valence-corrected chi connectivity index (χ3v) is 2.18. The summed E-state index contributed by atoms with van der Waals surface area (Å²) in [5.74, 6) is 0. The van der Waals surface area contributed by atoms with Crippen LogP contribution in [0, 0.1) is 0 Å². The highest BCUT2D eigenvalue weighted by Gasteiger charge is 2.22. The Bertz CT molecular complexity index is 300. The van der Waals surface area contributed by atoms with Gasteiger partial charge in [-0.15, -0.1) is 0 Å². The topological polar surface area (TPSA) is 97.7 Å². The number of nitrogens with zero attached hydrogens (tertiary/aromatic N) is 1. The van der Waals surface area contributed by atoms with E-state index in [2.05, 4.69) is 13.2 Å². The molecular formula is C11H23NO5S. The highest BCUT2D eigenvalue weighted by Crippen LogP contribution is 2.06. The van der Waals surface area contributed by atoms with E-state index in [4.69, 9.17) is 23.2 Å². The molecule has 0 radical (unpaired) electrons. The molecule has 0 aliphatic rings. The molecule has 0 aromatic heterocycles. The second kappa shape index (κ2) is 10.2. The van der Waals surface area contributed by atoms with Crippen molar-refractivity contribution in [2.75, 3.05) is 45.6 Å². The Labute approximate surface area is 109 Å². The smallest absolute Gasteiger partial charge is 0.103 e. The molecule has 0 aromatic rings. The van der Waals surface area contributed by atoms with E-state index in [0.29, 0.717) is 23.8 Å². The van der Waals surface area contributed by atoms with Crippen molar-refractivity contribution < 1.29 is 27.7 Å². The molecule has 2 N–H and O–H groups in total. The van der Waals surface area contributed by atoms with Gasteiger partial charge in [0.2, 0.25) is 0 Å². The summed E-state index contributed by atoms with van der Waals surface area (Å²) in [5.41, 5.74) is 0. The minimum atomic E-state index is -3.92. The molecule has 0 amide bonds. The van der Waals surface area contributed by atoms with E-state index in [0.717, 1.165) is 13.1 Å². The van der Waals surface area contributed by atoms with Crippen molar-refractivity contribution >= 4 is 10.1 Å². The molecule has 0 aromatic carbocycles. The standard InChI is InChI=1S/C10H20NO2.CH4O3S/c1-3-5-11(6-4-2,7-9-12)8-10-13;1-5(2,3)4/h3-4,12-13H,1-2,5-10H2;1H3,(H,2,3,4)/q+1;/p-1. The van der Waals surface area contributed by atoms with Crippen LogP contribution in [0.1, 0.15) is 0 Å². The maximum atomic E-state index is 9.08. The molecule has 0 aliphatic carbocycles. The van der Waals surface area contributed by atoms with Gasteiger partial charge in [-0.25, -0.2) is 8.42 Å². The van der Waals surface area contributed by atoms with Gasteiger partial charge in [0.1, 0.15) is 13.1 Å². The number of hydrogen-bond acceptors (Lipinski definition) is 5. The predicted octanol–water partition coefficient (Wildman–Crippen LogP) is -0.679. The van der Waals surface area contributed by atoms with Crippen LogP contribution in [0.25, 0.3) is 0 Å². The second-order valence-corrected chi connectivity index (χ2v) is 5.29. The first-order chi connectivity index (χ1) is 8.24. The largest absolute Gasteiger partial charge is 0.748 e. The van der Waals surface area contributed by atoms with Crippen LogP contribution in [0.3, 0.4) is 0 Å². The molecule has 0 rings (SSSR count). The Balaban J connectivity index is 0.